The van der Waals surface area contributed by atoms with Crippen molar-refractivity contribution in [3.8, 4) is 0 Å². The number of alkyl halides is 1. The predicted molar refractivity (Wildman–Crippen MR) is 151 cm³/mol. The van der Waals surface area contributed by atoms with Crippen LogP contribution in [0.25, 0.3) is 0 Å². The average molecular weight is 543 g/mol. The zero-order valence-corrected chi connectivity index (χ0v) is 22.4. The lowest BCUT2D eigenvalue weighted by molar-refractivity contribution is -0.308. The summed E-state index contributed by atoms with van der Waals surface area (Å²) >= 11 is 0. The van der Waals surface area contributed by atoms with E-state index in [0.717, 1.165) is 22.3 Å². The molecule has 208 valence electrons. The van der Waals surface area contributed by atoms with E-state index in [9.17, 15) is 0 Å². The Labute approximate surface area is 235 Å². The maximum Gasteiger partial charge on any atom is 0.192 e. The Hall–Kier alpha value is -3.39. The zero-order chi connectivity index (χ0) is 27.4. The molecule has 1 unspecified atom stereocenters. The summed E-state index contributed by atoms with van der Waals surface area (Å²) in [5.74, 6) is 0. The normalized spacial score (nSPS) is 22.7. The Morgan fingerprint density at radius 3 is 1.38 bits per heavy atom. The molecule has 1 saturated heterocycles. The van der Waals surface area contributed by atoms with Crippen LogP contribution >= 0.6 is 0 Å². The lowest BCUT2D eigenvalue weighted by atomic mass is 9.99. The third-order valence-corrected chi connectivity index (χ3v) is 6.79. The van der Waals surface area contributed by atoms with Crippen LogP contribution in [0.2, 0.25) is 0 Å². The van der Waals surface area contributed by atoms with Crippen molar-refractivity contribution in [2.24, 2.45) is 0 Å². The highest BCUT2D eigenvalue weighted by molar-refractivity contribution is 5.16. The van der Waals surface area contributed by atoms with Gasteiger partial charge in [0.25, 0.3) is 0 Å². The second-order valence-electron chi connectivity index (χ2n) is 9.81. The van der Waals surface area contributed by atoms with Crippen molar-refractivity contribution < 1.29 is 28.1 Å². The van der Waals surface area contributed by atoms with E-state index in [0.29, 0.717) is 6.61 Å². The van der Waals surface area contributed by atoms with Gasteiger partial charge < -0.3 is 23.7 Å². The van der Waals surface area contributed by atoms with Crippen molar-refractivity contribution in [3.63, 3.8) is 0 Å². The van der Waals surface area contributed by atoms with Crippen LogP contribution < -0.4 is 0 Å². The van der Waals surface area contributed by atoms with Gasteiger partial charge in [0.15, 0.2) is 12.5 Å². The molecule has 0 aromatic heterocycles. The topological polar surface area (TPSA) is 46.2 Å². The van der Waals surface area contributed by atoms with Crippen LogP contribution in [-0.4, -0.2) is 37.4 Å². The molecule has 5 atom stereocenters. The van der Waals surface area contributed by atoms with E-state index in [2.05, 4.69) is 0 Å². The highest BCUT2D eigenvalue weighted by atomic mass is 19.1. The summed E-state index contributed by atoms with van der Waals surface area (Å²) in [6.07, 6.45) is -4.96. The Morgan fingerprint density at radius 1 is 0.500 bits per heavy atom. The molecule has 0 radical (unpaired) electrons. The zero-order valence-electron chi connectivity index (χ0n) is 22.4. The standard InChI is InChI=1S/C34H35FO5/c35-31-33(38-23-28-17-9-3-10-18-28)32(37-22-27-15-7-2-8-16-27)30(25-36-21-26-13-5-1-6-14-26)40-34(31)39-24-29-19-11-4-12-20-29/h1-20,30-34H,21-25H2/t30-,31-,32-,33-,34?/m1/s1. The average Bonchev–Trinajstić information content (AvgIpc) is 3.01. The number of benzene rings is 4. The van der Waals surface area contributed by atoms with Crippen molar-refractivity contribution >= 4 is 0 Å². The quantitative estimate of drug-likeness (QED) is 0.189. The lowest BCUT2D eigenvalue weighted by Crippen LogP contribution is -2.59. The maximum atomic E-state index is 16.2. The summed E-state index contributed by atoms with van der Waals surface area (Å²) in [6.45, 7) is 1.33. The molecule has 1 heterocycles. The molecule has 4 aromatic carbocycles. The van der Waals surface area contributed by atoms with Gasteiger partial charge >= 0.3 is 0 Å². The molecule has 40 heavy (non-hydrogen) atoms. The minimum Gasteiger partial charge on any atom is -0.374 e. The number of ether oxygens (including phenoxy) is 5. The van der Waals surface area contributed by atoms with Crippen molar-refractivity contribution in [3.05, 3.63) is 144 Å². The molecule has 5 rings (SSSR count). The summed E-state index contributed by atoms with van der Waals surface area (Å²) in [7, 11) is 0. The molecule has 4 aromatic rings. The largest absolute Gasteiger partial charge is 0.374 e. The second kappa shape index (κ2) is 14.8. The van der Waals surface area contributed by atoms with Crippen LogP contribution in [0.15, 0.2) is 121 Å². The van der Waals surface area contributed by atoms with E-state index in [1.807, 2.05) is 121 Å². The maximum absolute atomic E-state index is 16.2. The van der Waals surface area contributed by atoms with Gasteiger partial charge in [0.1, 0.15) is 18.3 Å². The number of hydrogen-bond donors (Lipinski definition) is 0. The number of hydrogen-bond acceptors (Lipinski definition) is 5. The fourth-order valence-electron chi connectivity index (χ4n) is 4.68. The fourth-order valence-corrected chi connectivity index (χ4v) is 4.68. The molecular weight excluding hydrogens is 507 g/mol. The van der Waals surface area contributed by atoms with Crippen molar-refractivity contribution in [1.29, 1.82) is 0 Å². The van der Waals surface area contributed by atoms with Gasteiger partial charge in [-0.2, -0.15) is 0 Å². The Balaban J connectivity index is 1.34. The second-order valence-corrected chi connectivity index (χ2v) is 9.81. The third kappa shape index (κ3) is 8.07. The van der Waals surface area contributed by atoms with Gasteiger partial charge in [-0.1, -0.05) is 121 Å². The van der Waals surface area contributed by atoms with E-state index in [4.69, 9.17) is 23.7 Å². The molecule has 0 saturated carbocycles. The molecule has 0 amide bonds. The van der Waals surface area contributed by atoms with Gasteiger partial charge in [0.2, 0.25) is 0 Å². The minimum absolute atomic E-state index is 0.192. The van der Waals surface area contributed by atoms with Crippen molar-refractivity contribution in [1.82, 2.24) is 0 Å². The fraction of sp³-hybridized carbons (Fsp3) is 0.294. The van der Waals surface area contributed by atoms with E-state index < -0.39 is 30.8 Å². The SMILES string of the molecule is F[C@H]1C(OCc2ccccc2)O[C@H](COCc2ccccc2)[C@@H](OCc2ccccc2)[C@@H]1OCc1ccccc1. The van der Waals surface area contributed by atoms with Gasteiger partial charge in [0, 0.05) is 0 Å². The Bertz CT molecular complexity index is 1200. The molecular formula is C34H35FO5. The molecule has 6 heteroatoms. The first-order chi connectivity index (χ1) is 19.8. The van der Waals surface area contributed by atoms with Crippen LogP contribution in [-0.2, 0) is 50.1 Å². The molecule has 1 aliphatic rings. The summed E-state index contributed by atoms with van der Waals surface area (Å²) < 4.78 is 47.0. The van der Waals surface area contributed by atoms with Crippen LogP contribution in [0.1, 0.15) is 22.3 Å². The van der Waals surface area contributed by atoms with E-state index in [-0.39, 0.29) is 26.4 Å². The van der Waals surface area contributed by atoms with Gasteiger partial charge in [-0.25, -0.2) is 4.39 Å². The summed E-state index contributed by atoms with van der Waals surface area (Å²) in [4.78, 5) is 0. The molecule has 1 fully saturated rings. The molecule has 0 aliphatic carbocycles. The first kappa shape index (κ1) is 28.1. The Morgan fingerprint density at radius 2 is 0.900 bits per heavy atom. The van der Waals surface area contributed by atoms with Crippen LogP contribution in [0.3, 0.4) is 0 Å². The summed E-state index contributed by atoms with van der Waals surface area (Å²) in [5, 5.41) is 0. The first-order valence-corrected chi connectivity index (χ1v) is 13.6. The van der Waals surface area contributed by atoms with Gasteiger partial charge in [-0.3, -0.25) is 0 Å². The Kier molecular flexibility index (Phi) is 10.4. The van der Waals surface area contributed by atoms with Crippen LogP contribution in [0.5, 0.6) is 0 Å². The smallest absolute Gasteiger partial charge is 0.192 e. The van der Waals surface area contributed by atoms with Crippen molar-refractivity contribution in [2.45, 2.75) is 57.2 Å². The summed E-state index contributed by atoms with van der Waals surface area (Å²) in [5.41, 5.74) is 3.89. The van der Waals surface area contributed by atoms with Gasteiger partial charge in [-0.05, 0) is 22.3 Å². The number of halogens is 1. The predicted octanol–water partition coefficient (Wildman–Crippen LogP) is 6.65. The van der Waals surface area contributed by atoms with Crippen molar-refractivity contribution in [2.75, 3.05) is 6.61 Å². The first-order valence-electron chi connectivity index (χ1n) is 13.6. The van der Waals surface area contributed by atoms with Crippen LogP contribution in [0.4, 0.5) is 4.39 Å². The number of rotatable bonds is 13. The molecule has 1 aliphatic heterocycles. The highest BCUT2D eigenvalue weighted by Gasteiger charge is 2.48. The highest BCUT2D eigenvalue weighted by Crippen LogP contribution is 2.31. The monoisotopic (exact) mass is 542 g/mol. The molecule has 5 nitrogen and oxygen atoms in total. The molecule has 0 bridgehead atoms. The van der Waals surface area contributed by atoms with E-state index >= 15 is 4.39 Å². The van der Waals surface area contributed by atoms with Crippen LogP contribution in [0, 0.1) is 0 Å². The molecule has 0 spiro atoms. The van der Waals surface area contributed by atoms with Gasteiger partial charge in [0.05, 0.1) is 33.0 Å². The van der Waals surface area contributed by atoms with Gasteiger partial charge in [-0.15, -0.1) is 0 Å². The van der Waals surface area contributed by atoms with E-state index in [1.165, 1.54) is 0 Å². The minimum atomic E-state index is -1.57. The summed E-state index contributed by atoms with van der Waals surface area (Å²) in [6, 6.07) is 39.1. The van der Waals surface area contributed by atoms with E-state index in [1.54, 1.807) is 0 Å². The third-order valence-electron chi connectivity index (χ3n) is 6.79. The lowest BCUT2D eigenvalue weighted by Gasteiger charge is -2.43. The molecule has 0 N–H and O–H groups in total.